The lowest BCUT2D eigenvalue weighted by atomic mass is 10.2. The quantitative estimate of drug-likeness (QED) is 0.495. The van der Waals surface area contributed by atoms with Gasteiger partial charge in [0.25, 0.3) is 5.69 Å². The highest BCUT2D eigenvalue weighted by Crippen LogP contribution is 2.24. The Bertz CT molecular complexity index is 963. The van der Waals surface area contributed by atoms with E-state index in [0.717, 1.165) is 55.4 Å². The van der Waals surface area contributed by atoms with Crippen LogP contribution in [-0.2, 0) is 6.54 Å². The van der Waals surface area contributed by atoms with Crippen LogP contribution in [-0.4, -0.2) is 41.0 Å². The first-order chi connectivity index (χ1) is 13.6. The van der Waals surface area contributed by atoms with Gasteiger partial charge in [-0.2, -0.15) is 0 Å². The molecule has 1 aliphatic rings. The van der Waals surface area contributed by atoms with Crippen molar-refractivity contribution in [2.75, 3.05) is 31.1 Å². The Kier molecular flexibility index (Phi) is 5.08. The maximum Gasteiger partial charge on any atom is 0.271 e. The van der Waals surface area contributed by atoms with E-state index < -0.39 is 0 Å². The van der Waals surface area contributed by atoms with Crippen LogP contribution in [0, 0.1) is 17.0 Å². The largest absolute Gasteiger partial charge is 0.441 e. The number of benzene rings is 2. The SMILES string of the molecule is Cc1oc(-c2ccccc2)nc1CN1CCN(c2cccc([N+](=O)[O-])c2)CC1. The summed E-state index contributed by atoms with van der Waals surface area (Å²) < 4.78 is 5.86. The van der Waals surface area contributed by atoms with Crippen LogP contribution in [0.5, 0.6) is 0 Å². The molecule has 7 heteroatoms. The van der Waals surface area contributed by atoms with E-state index in [1.54, 1.807) is 12.1 Å². The highest BCUT2D eigenvalue weighted by Gasteiger charge is 2.21. The van der Waals surface area contributed by atoms with Crippen molar-refractivity contribution in [2.45, 2.75) is 13.5 Å². The lowest BCUT2D eigenvalue weighted by Crippen LogP contribution is -2.46. The molecule has 0 unspecified atom stereocenters. The van der Waals surface area contributed by atoms with E-state index in [4.69, 9.17) is 4.42 Å². The van der Waals surface area contributed by atoms with Crippen molar-refractivity contribution < 1.29 is 9.34 Å². The second-order valence-corrected chi connectivity index (χ2v) is 6.93. The third-order valence-electron chi connectivity index (χ3n) is 5.06. The van der Waals surface area contributed by atoms with E-state index >= 15 is 0 Å². The number of anilines is 1. The number of aromatic nitrogens is 1. The van der Waals surface area contributed by atoms with Crippen molar-refractivity contribution in [3.63, 3.8) is 0 Å². The lowest BCUT2D eigenvalue weighted by molar-refractivity contribution is -0.384. The molecule has 1 aliphatic heterocycles. The third kappa shape index (κ3) is 3.89. The molecule has 0 saturated carbocycles. The summed E-state index contributed by atoms with van der Waals surface area (Å²) in [5, 5.41) is 11.0. The fourth-order valence-corrected chi connectivity index (χ4v) is 3.46. The van der Waals surface area contributed by atoms with Crippen molar-refractivity contribution in [1.82, 2.24) is 9.88 Å². The van der Waals surface area contributed by atoms with Crippen molar-refractivity contribution in [3.8, 4) is 11.5 Å². The van der Waals surface area contributed by atoms with E-state index in [0.29, 0.717) is 5.89 Å². The van der Waals surface area contributed by atoms with Gasteiger partial charge in [-0.3, -0.25) is 15.0 Å². The minimum atomic E-state index is -0.350. The van der Waals surface area contributed by atoms with Crippen LogP contribution < -0.4 is 4.90 Å². The first kappa shape index (κ1) is 18.2. The van der Waals surface area contributed by atoms with Crippen LogP contribution in [0.3, 0.4) is 0 Å². The Morgan fingerprint density at radius 1 is 1.07 bits per heavy atom. The maximum atomic E-state index is 11.0. The number of nitro benzene ring substituents is 1. The van der Waals surface area contributed by atoms with Crippen molar-refractivity contribution in [3.05, 3.63) is 76.2 Å². The van der Waals surface area contributed by atoms with E-state index in [9.17, 15) is 10.1 Å². The van der Waals surface area contributed by atoms with Gasteiger partial charge < -0.3 is 9.32 Å². The molecule has 3 aromatic rings. The summed E-state index contributed by atoms with van der Waals surface area (Å²) >= 11 is 0. The minimum Gasteiger partial charge on any atom is -0.441 e. The predicted octanol–water partition coefficient (Wildman–Crippen LogP) is 3.88. The van der Waals surface area contributed by atoms with Gasteiger partial charge in [0.2, 0.25) is 5.89 Å². The van der Waals surface area contributed by atoms with Crippen LogP contribution in [0.2, 0.25) is 0 Å². The molecule has 1 aromatic heterocycles. The summed E-state index contributed by atoms with van der Waals surface area (Å²) in [6, 6.07) is 16.7. The van der Waals surface area contributed by atoms with Crippen LogP contribution in [0.4, 0.5) is 11.4 Å². The Morgan fingerprint density at radius 2 is 1.82 bits per heavy atom. The first-order valence-corrected chi connectivity index (χ1v) is 9.33. The van der Waals surface area contributed by atoms with Crippen molar-refractivity contribution in [2.24, 2.45) is 0 Å². The molecule has 0 amide bonds. The van der Waals surface area contributed by atoms with E-state index in [1.165, 1.54) is 6.07 Å². The third-order valence-corrected chi connectivity index (χ3v) is 5.06. The zero-order chi connectivity index (χ0) is 19.5. The number of hydrogen-bond donors (Lipinski definition) is 0. The predicted molar refractivity (Wildman–Crippen MR) is 107 cm³/mol. The molecule has 0 N–H and O–H groups in total. The molecule has 7 nitrogen and oxygen atoms in total. The fraction of sp³-hybridized carbons (Fsp3) is 0.286. The van der Waals surface area contributed by atoms with Crippen molar-refractivity contribution >= 4 is 11.4 Å². The summed E-state index contributed by atoms with van der Waals surface area (Å²) in [5.41, 5.74) is 2.97. The molecular formula is C21H22N4O3. The Hall–Kier alpha value is -3.19. The average molecular weight is 378 g/mol. The average Bonchev–Trinajstić information content (AvgIpc) is 3.10. The summed E-state index contributed by atoms with van der Waals surface area (Å²) in [4.78, 5) is 19.9. The molecule has 28 heavy (non-hydrogen) atoms. The van der Waals surface area contributed by atoms with Crippen LogP contribution in [0.15, 0.2) is 59.0 Å². The van der Waals surface area contributed by atoms with Crippen LogP contribution >= 0.6 is 0 Å². The van der Waals surface area contributed by atoms with E-state index in [-0.39, 0.29) is 10.6 Å². The van der Waals surface area contributed by atoms with E-state index in [2.05, 4.69) is 14.8 Å². The Labute approximate surface area is 163 Å². The highest BCUT2D eigenvalue weighted by molar-refractivity contribution is 5.54. The van der Waals surface area contributed by atoms with Gasteiger partial charge in [-0.1, -0.05) is 24.3 Å². The molecule has 0 spiro atoms. The molecule has 1 saturated heterocycles. The summed E-state index contributed by atoms with van der Waals surface area (Å²) in [7, 11) is 0. The Balaban J connectivity index is 1.39. The second-order valence-electron chi connectivity index (χ2n) is 6.93. The molecule has 0 radical (unpaired) electrons. The maximum absolute atomic E-state index is 11.0. The highest BCUT2D eigenvalue weighted by atomic mass is 16.6. The number of aryl methyl sites for hydroxylation is 1. The molecular weight excluding hydrogens is 356 g/mol. The zero-order valence-electron chi connectivity index (χ0n) is 15.7. The number of hydrogen-bond acceptors (Lipinski definition) is 6. The van der Waals surface area contributed by atoms with Crippen LogP contribution in [0.1, 0.15) is 11.5 Å². The summed E-state index contributed by atoms with van der Waals surface area (Å²) in [6.45, 7) is 6.08. The van der Waals surface area contributed by atoms with Gasteiger partial charge in [0.05, 0.1) is 10.6 Å². The molecule has 0 atom stereocenters. The molecule has 0 aliphatic carbocycles. The number of nitro groups is 1. The first-order valence-electron chi connectivity index (χ1n) is 9.33. The molecule has 2 aromatic carbocycles. The van der Waals surface area contributed by atoms with Gasteiger partial charge >= 0.3 is 0 Å². The molecule has 0 bridgehead atoms. The number of rotatable bonds is 5. The number of piperazine rings is 1. The minimum absolute atomic E-state index is 0.131. The molecule has 4 rings (SSSR count). The number of oxazole rings is 1. The molecule has 1 fully saturated rings. The number of non-ortho nitro benzene ring substituents is 1. The smallest absolute Gasteiger partial charge is 0.271 e. The zero-order valence-corrected chi connectivity index (χ0v) is 15.7. The van der Waals surface area contributed by atoms with Crippen molar-refractivity contribution in [1.29, 1.82) is 0 Å². The fourth-order valence-electron chi connectivity index (χ4n) is 3.46. The van der Waals surface area contributed by atoms with Gasteiger partial charge in [0, 0.05) is 56.1 Å². The van der Waals surface area contributed by atoms with Gasteiger partial charge in [-0.15, -0.1) is 0 Å². The van der Waals surface area contributed by atoms with Gasteiger partial charge in [-0.05, 0) is 25.1 Å². The number of nitrogens with zero attached hydrogens (tertiary/aromatic N) is 4. The van der Waals surface area contributed by atoms with Gasteiger partial charge in [-0.25, -0.2) is 4.98 Å². The van der Waals surface area contributed by atoms with Gasteiger partial charge in [0.1, 0.15) is 5.76 Å². The summed E-state index contributed by atoms with van der Waals surface area (Å²) in [5.74, 6) is 1.50. The van der Waals surface area contributed by atoms with Gasteiger partial charge in [0.15, 0.2) is 0 Å². The standard InChI is InChI=1S/C21H22N4O3/c1-16-20(22-21(28-16)17-6-3-2-4-7-17)15-23-10-12-24(13-11-23)18-8-5-9-19(14-18)25(26)27/h2-9,14H,10-13,15H2,1H3. The topological polar surface area (TPSA) is 75.7 Å². The monoisotopic (exact) mass is 378 g/mol. The van der Waals surface area contributed by atoms with E-state index in [1.807, 2.05) is 43.3 Å². The Morgan fingerprint density at radius 3 is 2.54 bits per heavy atom. The molecule has 144 valence electrons. The normalized spacial score (nSPS) is 15.0. The van der Waals surface area contributed by atoms with Crippen LogP contribution in [0.25, 0.3) is 11.5 Å². The molecule has 2 heterocycles. The summed E-state index contributed by atoms with van der Waals surface area (Å²) in [6.07, 6.45) is 0. The second kappa shape index (κ2) is 7.82. The lowest BCUT2D eigenvalue weighted by Gasteiger charge is -2.35.